The summed E-state index contributed by atoms with van der Waals surface area (Å²) in [6.07, 6.45) is -2.51. The molecule has 0 spiro atoms. The molecule has 0 fully saturated rings. The molecule has 96 valence electrons. The summed E-state index contributed by atoms with van der Waals surface area (Å²) in [5, 5.41) is 6.86. The highest BCUT2D eigenvalue weighted by Crippen LogP contribution is 2.21. The zero-order chi connectivity index (χ0) is 13.2. The lowest BCUT2D eigenvalue weighted by molar-refractivity contribution is 0.0634. The molecule has 3 N–H and O–H groups in total. The fourth-order valence-electron chi connectivity index (χ4n) is 1.70. The summed E-state index contributed by atoms with van der Waals surface area (Å²) < 4.78 is 25.3. The lowest BCUT2D eigenvalue weighted by Gasteiger charge is -2.22. The van der Waals surface area contributed by atoms with E-state index in [1.807, 2.05) is 30.3 Å². The summed E-state index contributed by atoms with van der Waals surface area (Å²) in [5.41, 5.74) is 6.28. The fraction of sp³-hybridized carbons (Fsp3) is 0.308. The van der Waals surface area contributed by atoms with Crippen LogP contribution in [0.5, 0.6) is 0 Å². The predicted molar refractivity (Wildman–Crippen MR) is 66.3 cm³/mol. The second-order valence-corrected chi connectivity index (χ2v) is 4.63. The van der Waals surface area contributed by atoms with Gasteiger partial charge in [0.1, 0.15) is 0 Å². The summed E-state index contributed by atoms with van der Waals surface area (Å²) in [7, 11) is 0. The lowest BCUT2D eigenvalue weighted by Crippen LogP contribution is -2.45. The van der Waals surface area contributed by atoms with E-state index in [-0.39, 0.29) is 6.42 Å². The number of halogens is 2. The van der Waals surface area contributed by atoms with Crippen molar-refractivity contribution >= 4 is 0 Å². The van der Waals surface area contributed by atoms with Gasteiger partial charge in [-0.05, 0) is 13.0 Å². The molecule has 3 nitrogen and oxygen atoms in total. The second kappa shape index (κ2) is 4.86. The van der Waals surface area contributed by atoms with E-state index in [1.165, 1.54) is 6.92 Å². The maximum Gasteiger partial charge on any atom is 0.256 e. The highest BCUT2D eigenvalue weighted by Gasteiger charge is 2.31. The molecule has 0 aliphatic heterocycles. The molecule has 0 aliphatic carbocycles. The number of hydrogen-bond acceptors (Lipinski definition) is 2. The molecule has 18 heavy (non-hydrogen) atoms. The van der Waals surface area contributed by atoms with Gasteiger partial charge in [-0.25, -0.2) is 8.78 Å². The highest BCUT2D eigenvalue weighted by atomic mass is 19.3. The van der Waals surface area contributed by atoms with Crippen molar-refractivity contribution in [2.24, 2.45) is 5.73 Å². The molecule has 5 heteroatoms. The van der Waals surface area contributed by atoms with Gasteiger partial charge in [0, 0.05) is 17.7 Å². The van der Waals surface area contributed by atoms with E-state index in [1.54, 1.807) is 6.07 Å². The molecule has 1 atom stereocenters. The van der Waals surface area contributed by atoms with Gasteiger partial charge in [0.2, 0.25) is 0 Å². The van der Waals surface area contributed by atoms with Crippen molar-refractivity contribution in [2.75, 3.05) is 0 Å². The second-order valence-electron chi connectivity index (χ2n) is 4.63. The number of hydrogen-bond donors (Lipinski definition) is 2. The number of nitrogens with one attached hydrogen (secondary N) is 1. The zero-order valence-electron chi connectivity index (χ0n) is 10.0. The van der Waals surface area contributed by atoms with Gasteiger partial charge in [0.25, 0.3) is 6.43 Å². The SMILES string of the molecule is CC(N)(Cc1cc(-c2ccccc2)n[nH]1)C(F)F. The third-order valence-electron chi connectivity index (χ3n) is 2.77. The Labute approximate surface area is 104 Å². The Morgan fingerprint density at radius 3 is 2.61 bits per heavy atom. The Morgan fingerprint density at radius 2 is 2.00 bits per heavy atom. The van der Waals surface area contributed by atoms with Gasteiger partial charge in [-0.1, -0.05) is 30.3 Å². The van der Waals surface area contributed by atoms with Crippen molar-refractivity contribution in [3.63, 3.8) is 0 Å². The first-order chi connectivity index (χ1) is 8.49. The number of nitrogens with two attached hydrogens (primary N) is 1. The van der Waals surface area contributed by atoms with Crippen LogP contribution in [0.4, 0.5) is 8.78 Å². The van der Waals surface area contributed by atoms with Crippen LogP contribution in [-0.4, -0.2) is 22.2 Å². The normalized spacial score (nSPS) is 14.7. The van der Waals surface area contributed by atoms with E-state index >= 15 is 0 Å². The summed E-state index contributed by atoms with van der Waals surface area (Å²) in [6, 6.07) is 11.3. The molecule has 0 aliphatic rings. The van der Waals surface area contributed by atoms with Crippen LogP contribution >= 0.6 is 0 Å². The van der Waals surface area contributed by atoms with E-state index in [0.29, 0.717) is 5.69 Å². The van der Waals surface area contributed by atoms with Gasteiger partial charge in [-0.15, -0.1) is 0 Å². The van der Waals surface area contributed by atoms with E-state index in [4.69, 9.17) is 5.73 Å². The number of H-pyrrole nitrogens is 1. The molecule has 0 radical (unpaired) electrons. The number of rotatable bonds is 4. The Balaban J connectivity index is 2.17. The lowest BCUT2D eigenvalue weighted by atomic mass is 9.97. The molecule has 1 aromatic heterocycles. The van der Waals surface area contributed by atoms with E-state index in [2.05, 4.69) is 10.2 Å². The summed E-state index contributed by atoms with van der Waals surface area (Å²) in [4.78, 5) is 0. The van der Waals surface area contributed by atoms with Crippen molar-refractivity contribution in [1.82, 2.24) is 10.2 Å². The van der Waals surface area contributed by atoms with Crippen molar-refractivity contribution in [2.45, 2.75) is 25.3 Å². The molecule has 2 aromatic rings. The monoisotopic (exact) mass is 251 g/mol. The van der Waals surface area contributed by atoms with Gasteiger partial charge in [0.05, 0.1) is 11.2 Å². The van der Waals surface area contributed by atoms with Crippen molar-refractivity contribution in [3.8, 4) is 11.3 Å². The molecule has 1 heterocycles. The third-order valence-corrected chi connectivity index (χ3v) is 2.77. The Bertz CT molecular complexity index is 506. The van der Waals surface area contributed by atoms with Crippen molar-refractivity contribution < 1.29 is 8.78 Å². The fourth-order valence-corrected chi connectivity index (χ4v) is 1.70. The topological polar surface area (TPSA) is 54.7 Å². The number of aromatic nitrogens is 2. The number of aromatic amines is 1. The predicted octanol–water partition coefficient (Wildman–Crippen LogP) is 2.60. The van der Waals surface area contributed by atoms with Crippen molar-refractivity contribution in [1.29, 1.82) is 0 Å². The minimum Gasteiger partial charge on any atom is -0.320 e. The maximum absolute atomic E-state index is 12.7. The summed E-state index contributed by atoms with van der Waals surface area (Å²) >= 11 is 0. The molecule has 1 aromatic carbocycles. The van der Waals surface area contributed by atoms with Gasteiger partial charge >= 0.3 is 0 Å². The van der Waals surface area contributed by atoms with Crippen LogP contribution in [0.15, 0.2) is 36.4 Å². The van der Waals surface area contributed by atoms with Crippen LogP contribution < -0.4 is 5.73 Å². The van der Waals surface area contributed by atoms with Gasteiger partial charge in [-0.3, -0.25) is 5.10 Å². The molecule has 1 unspecified atom stereocenters. The average Bonchev–Trinajstić information content (AvgIpc) is 2.78. The smallest absolute Gasteiger partial charge is 0.256 e. The van der Waals surface area contributed by atoms with Crippen molar-refractivity contribution in [3.05, 3.63) is 42.1 Å². The number of nitrogens with zero attached hydrogens (tertiary/aromatic N) is 1. The number of alkyl halides is 2. The molecule has 0 bridgehead atoms. The third kappa shape index (κ3) is 2.73. The van der Waals surface area contributed by atoms with E-state index in [0.717, 1.165) is 11.3 Å². The highest BCUT2D eigenvalue weighted by molar-refractivity contribution is 5.58. The van der Waals surface area contributed by atoms with Crippen LogP contribution in [0, 0.1) is 0 Å². The first kappa shape index (κ1) is 12.7. The number of benzene rings is 1. The standard InChI is InChI=1S/C13H15F2N3/c1-13(16,12(14)15)8-10-7-11(18-17-10)9-5-3-2-4-6-9/h2-7,12H,8,16H2,1H3,(H,17,18). The maximum atomic E-state index is 12.7. The average molecular weight is 251 g/mol. The molecule has 0 amide bonds. The molecule has 2 rings (SSSR count). The molecule has 0 saturated heterocycles. The first-order valence-electron chi connectivity index (χ1n) is 5.66. The summed E-state index contributed by atoms with van der Waals surface area (Å²) in [5.74, 6) is 0. The minimum absolute atomic E-state index is 0.0600. The minimum atomic E-state index is -2.57. The Morgan fingerprint density at radius 1 is 1.33 bits per heavy atom. The van der Waals surface area contributed by atoms with E-state index in [9.17, 15) is 8.78 Å². The quantitative estimate of drug-likeness (QED) is 0.877. The van der Waals surface area contributed by atoms with E-state index < -0.39 is 12.0 Å². The Hall–Kier alpha value is -1.75. The molecule has 0 saturated carbocycles. The Kier molecular flexibility index (Phi) is 3.43. The largest absolute Gasteiger partial charge is 0.320 e. The molecular weight excluding hydrogens is 236 g/mol. The van der Waals surface area contributed by atoms with Gasteiger partial charge in [0.15, 0.2) is 0 Å². The van der Waals surface area contributed by atoms with Crippen LogP contribution in [0.3, 0.4) is 0 Å². The van der Waals surface area contributed by atoms with Crippen LogP contribution in [0.2, 0.25) is 0 Å². The van der Waals surface area contributed by atoms with Gasteiger partial charge < -0.3 is 5.73 Å². The molecular formula is C13H15F2N3. The first-order valence-corrected chi connectivity index (χ1v) is 5.66. The van der Waals surface area contributed by atoms with Gasteiger partial charge in [-0.2, -0.15) is 5.10 Å². The summed E-state index contributed by atoms with van der Waals surface area (Å²) in [6.45, 7) is 1.33. The van der Waals surface area contributed by atoms with Crippen LogP contribution in [0.25, 0.3) is 11.3 Å². The van der Waals surface area contributed by atoms with Crippen LogP contribution in [0.1, 0.15) is 12.6 Å². The van der Waals surface area contributed by atoms with Crippen LogP contribution in [-0.2, 0) is 6.42 Å². The zero-order valence-corrected chi connectivity index (χ0v) is 10.0.